The molecule has 0 aliphatic heterocycles. The summed E-state index contributed by atoms with van der Waals surface area (Å²) in [4.78, 5) is 7.63. The molecule has 2 N–H and O–H groups in total. The molecule has 0 unspecified atom stereocenters. The van der Waals surface area contributed by atoms with E-state index in [1.54, 1.807) is 7.05 Å². The number of aromatic nitrogens is 2. The van der Waals surface area contributed by atoms with E-state index < -0.39 is 10.0 Å². The summed E-state index contributed by atoms with van der Waals surface area (Å²) in [6.45, 7) is 0. The summed E-state index contributed by atoms with van der Waals surface area (Å²) in [6, 6.07) is 4.41. The first-order valence-corrected chi connectivity index (χ1v) is 7.63. The van der Waals surface area contributed by atoms with Gasteiger partial charge in [0.15, 0.2) is 0 Å². The molecule has 0 fully saturated rings. The standard InChI is InChI=1S/C11H10Cl2N4O2S/c1-14-11-15-5-10(6-16-11)20(18,19)17-9-3-7(12)2-8(13)4-9/h2-6,17H,1H3,(H,14,15,16). The summed E-state index contributed by atoms with van der Waals surface area (Å²) in [5.74, 6) is 0.328. The first-order valence-electron chi connectivity index (χ1n) is 5.39. The van der Waals surface area contributed by atoms with Gasteiger partial charge in [-0.05, 0) is 18.2 Å². The summed E-state index contributed by atoms with van der Waals surface area (Å²) in [6.07, 6.45) is 2.40. The molecule has 2 aromatic rings. The van der Waals surface area contributed by atoms with E-state index in [9.17, 15) is 8.42 Å². The molecular weight excluding hydrogens is 323 g/mol. The Bertz CT molecular complexity index is 699. The molecule has 1 heterocycles. The van der Waals surface area contributed by atoms with Crippen molar-refractivity contribution in [2.24, 2.45) is 0 Å². The first kappa shape index (κ1) is 14.8. The van der Waals surface area contributed by atoms with E-state index in [4.69, 9.17) is 23.2 Å². The fourth-order valence-corrected chi connectivity index (χ4v) is 2.87. The molecular formula is C11H10Cl2N4O2S. The third-order valence-electron chi connectivity index (χ3n) is 2.28. The minimum absolute atomic E-state index is 0.0624. The highest BCUT2D eigenvalue weighted by Gasteiger charge is 2.16. The summed E-state index contributed by atoms with van der Waals surface area (Å²) in [7, 11) is -2.16. The van der Waals surface area contributed by atoms with Crippen molar-refractivity contribution in [2.45, 2.75) is 4.90 Å². The highest BCUT2D eigenvalue weighted by Crippen LogP contribution is 2.24. The van der Waals surface area contributed by atoms with E-state index >= 15 is 0 Å². The van der Waals surface area contributed by atoms with Crippen LogP contribution in [0, 0.1) is 0 Å². The smallest absolute Gasteiger partial charge is 0.264 e. The molecule has 2 rings (SSSR count). The molecule has 20 heavy (non-hydrogen) atoms. The fourth-order valence-electron chi connectivity index (χ4n) is 1.41. The Kier molecular flexibility index (Phi) is 4.32. The molecule has 0 spiro atoms. The summed E-state index contributed by atoms with van der Waals surface area (Å²) < 4.78 is 26.6. The molecule has 0 aliphatic rings. The van der Waals surface area contributed by atoms with Crippen LogP contribution >= 0.6 is 23.2 Å². The molecule has 0 saturated heterocycles. The summed E-state index contributed by atoms with van der Waals surface area (Å²) in [5.41, 5.74) is 0.264. The van der Waals surface area contributed by atoms with Gasteiger partial charge in [-0.15, -0.1) is 0 Å². The number of nitrogens with zero attached hydrogens (tertiary/aromatic N) is 2. The highest BCUT2D eigenvalue weighted by atomic mass is 35.5. The van der Waals surface area contributed by atoms with Gasteiger partial charge in [0.2, 0.25) is 5.95 Å². The molecule has 0 amide bonds. The minimum Gasteiger partial charge on any atom is -0.357 e. The lowest BCUT2D eigenvalue weighted by atomic mass is 10.3. The van der Waals surface area contributed by atoms with Crippen LogP contribution in [0.5, 0.6) is 0 Å². The topological polar surface area (TPSA) is 84.0 Å². The van der Waals surface area contributed by atoms with Crippen LogP contribution in [0.25, 0.3) is 0 Å². The van der Waals surface area contributed by atoms with E-state index in [-0.39, 0.29) is 10.6 Å². The Morgan fingerprint density at radius 3 is 2.10 bits per heavy atom. The minimum atomic E-state index is -3.79. The van der Waals surface area contributed by atoms with Crippen LogP contribution in [-0.4, -0.2) is 25.4 Å². The number of halogens is 2. The maximum Gasteiger partial charge on any atom is 0.264 e. The van der Waals surface area contributed by atoms with Gasteiger partial charge in [-0.3, -0.25) is 4.72 Å². The number of sulfonamides is 1. The Morgan fingerprint density at radius 1 is 1.05 bits per heavy atom. The Hall–Kier alpha value is -1.57. The molecule has 0 bridgehead atoms. The number of nitrogens with one attached hydrogen (secondary N) is 2. The van der Waals surface area contributed by atoms with Crippen molar-refractivity contribution in [3.05, 3.63) is 40.6 Å². The van der Waals surface area contributed by atoms with Crippen molar-refractivity contribution in [1.82, 2.24) is 9.97 Å². The van der Waals surface area contributed by atoms with Crippen molar-refractivity contribution in [3.63, 3.8) is 0 Å². The van der Waals surface area contributed by atoms with Crippen molar-refractivity contribution in [1.29, 1.82) is 0 Å². The monoisotopic (exact) mass is 332 g/mol. The van der Waals surface area contributed by atoms with Crippen LogP contribution in [0.15, 0.2) is 35.5 Å². The molecule has 1 aromatic heterocycles. The average molecular weight is 333 g/mol. The third-order valence-corrected chi connectivity index (χ3v) is 4.05. The quantitative estimate of drug-likeness (QED) is 0.899. The Morgan fingerprint density at radius 2 is 1.60 bits per heavy atom. The van der Waals surface area contributed by atoms with E-state index in [0.717, 1.165) is 0 Å². The number of rotatable bonds is 4. The van der Waals surface area contributed by atoms with E-state index in [1.807, 2.05) is 0 Å². The van der Waals surface area contributed by atoms with Gasteiger partial charge in [-0.2, -0.15) is 0 Å². The maximum atomic E-state index is 12.1. The van der Waals surface area contributed by atoms with Crippen LogP contribution in [0.3, 0.4) is 0 Å². The van der Waals surface area contributed by atoms with Gasteiger partial charge in [-0.1, -0.05) is 23.2 Å². The number of hydrogen-bond acceptors (Lipinski definition) is 5. The molecule has 0 radical (unpaired) electrons. The van der Waals surface area contributed by atoms with Crippen molar-refractivity contribution >= 4 is 44.9 Å². The zero-order valence-electron chi connectivity index (χ0n) is 10.3. The molecule has 0 saturated carbocycles. The van der Waals surface area contributed by atoms with E-state index in [2.05, 4.69) is 20.0 Å². The fraction of sp³-hybridized carbons (Fsp3) is 0.0909. The lowest BCUT2D eigenvalue weighted by Crippen LogP contribution is -2.14. The van der Waals surface area contributed by atoms with Gasteiger partial charge in [0.05, 0.1) is 18.1 Å². The van der Waals surface area contributed by atoms with Gasteiger partial charge in [-0.25, -0.2) is 18.4 Å². The molecule has 9 heteroatoms. The molecule has 0 aliphatic carbocycles. The predicted octanol–water partition coefficient (Wildman–Crippen LogP) is 2.63. The number of benzene rings is 1. The summed E-state index contributed by atoms with van der Waals surface area (Å²) in [5, 5.41) is 3.36. The van der Waals surface area contributed by atoms with Crippen molar-refractivity contribution in [2.75, 3.05) is 17.1 Å². The predicted molar refractivity (Wildman–Crippen MR) is 78.8 cm³/mol. The lowest BCUT2D eigenvalue weighted by molar-refractivity contribution is 0.600. The van der Waals surface area contributed by atoms with Gasteiger partial charge in [0, 0.05) is 17.1 Å². The third kappa shape index (κ3) is 3.50. The molecule has 106 valence electrons. The lowest BCUT2D eigenvalue weighted by Gasteiger charge is -2.08. The SMILES string of the molecule is CNc1ncc(S(=O)(=O)Nc2cc(Cl)cc(Cl)c2)cn1. The van der Waals surface area contributed by atoms with Crippen molar-refractivity contribution in [3.8, 4) is 0 Å². The summed E-state index contributed by atoms with van der Waals surface area (Å²) >= 11 is 11.6. The van der Waals surface area contributed by atoms with Crippen LogP contribution < -0.4 is 10.0 Å². The van der Waals surface area contributed by atoms with Crippen LogP contribution in [0.1, 0.15) is 0 Å². The van der Waals surface area contributed by atoms with Crippen LogP contribution in [0.4, 0.5) is 11.6 Å². The number of hydrogen-bond donors (Lipinski definition) is 2. The zero-order chi connectivity index (χ0) is 14.8. The first-order chi connectivity index (χ1) is 9.40. The molecule has 6 nitrogen and oxygen atoms in total. The normalized spacial score (nSPS) is 11.2. The second kappa shape index (κ2) is 5.82. The zero-order valence-corrected chi connectivity index (χ0v) is 12.6. The second-order valence-corrected chi connectivity index (χ2v) is 6.31. The average Bonchev–Trinajstić information content (AvgIpc) is 2.37. The van der Waals surface area contributed by atoms with Gasteiger partial charge in [0.25, 0.3) is 10.0 Å². The Labute approximate surface area is 126 Å². The Balaban J connectivity index is 2.30. The van der Waals surface area contributed by atoms with Gasteiger partial charge >= 0.3 is 0 Å². The van der Waals surface area contributed by atoms with E-state index in [0.29, 0.717) is 16.0 Å². The number of anilines is 2. The molecule has 0 atom stereocenters. The van der Waals surface area contributed by atoms with Crippen LogP contribution in [-0.2, 0) is 10.0 Å². The van der Waals surface area contributed by atoms with Gasteiger partial charge in [0.1, 0.15) is 4.90 Å². The maximum absolute atomic E-state index is 12.1. The van der Waals surface area contributed by atoms with E-state index in [1.165, 1.54) is 30.6 Å². The molecule has 1 aromatic carbocycles. The second-order valence-electron chi connectivity index (χ2n) is 3.76. The highest BCUT2D eigenvalue weighted by molar-refractivity contribution is 7.92. The van der Waals surface area contributed by atoms with Gasteiger partial charge < -0.3 is 5.32 Å². The largest absolute Gasteiger partial charge is 0.357 e. The van der Waals surface area contributed by atoms with Crippen molar-refractivity contribution < 1.29 is 8.42 Å². The van der Waals surface area contributed by atoms with Crippen LogP contribution in [0.2, 0.25) is 10.0 Å².